The standard InChI is InChI=1S/C24H27N5O7/c1-14(2)13-36-24(32)27-19(10-16-12-25-18-7-5-4-6-17(16)18)23(31)28-26-11-15-8-20(29(33)34)22(30)21(9-15)35-3/h4-9,11-12,14,19,25,30H,10,13H2,1-3H3,(H,27,32)(H,28,31)/t19-/m0/s1. The van der Waals surface area contributed by atoms with Gasteiger partial charge in [0.25, 0.3) is 5.91 Å². The largest absolute Gasteiger partial charge is 0.500 e. The number of carbonyl (C=O) groups excluding carboxylic acids is 2. The number of nitro benzene ring substituents is 1. The SMILES string of the molecule is COc1cc(C=NNC(=O)[C@H](Cc2c[nH]c3ccccc23)NC(=O)OCC(C)C)cc([N+](=O)[O-])c1O. The average molecular weight is 498 g/mol. The van der Waals surface area contributed by atoms with E-state index in [2.05, 4.69) is 20.8 Å². The van der Waals surface area contributed by atoms with Crippen LogP contribution < -0.4 is 15.5 Å². The summed E-state index contributed by atoms with van der Waals surface area (Å²) in [6, 6.07) is 8.93. The second-order valence-corrected chi connectivity index (χ2v) is 8.34. The van der Waals surface area contributed by atoms with E-state index in [4.69, 9.17) is 9.47 Å². The second-order valence-electron chi connectivity index (χ2n) is 8.34. The number of hydrogen-bond acceptors (Lipinski definition) is 8. The Hall–Kier alpha value is -4.61. The number of methoxy groups -OCH3 is 1. The van der Waals surface area contributed by atoms with Crippen molar-refractivity contribution < 1.29 is 29.1 Å². The molecule has 0 saturated heterocycles. The molecule has 0 saturated carbocycles. The number of aromatic hydroxyl groups is 1. The van der Waals surface area contributed by atoms with Crippen molar-refractivity contribution in [2.45, 2.75) is 26.3 Å². The summed E-state index contributed by atoms with van der Waals surface area (Å²) in [6.45, 7) is 3.97. The molecule has 12 nitrogen and oxygen atoms in total. The Morgan fingerprint density at radius 3 is 2.72 bits per heavy atom. The van der Waals surface area contributed by atoms with Gasteiger partial charge in [0.1, 0.15) is 6.04 Å². The van der Waals surface area contributed by atoms with E-state index >= 15 is 0 Å². The van der Waals surface area contributed by atoms with Gasteiger partial charge in [-0.15, -0.1) is 0 Å². The Kier molecular flexibility index (Phi) is 8.44. The van der Waals surface area contributed by atoms with Gasteiger partial charge in [-0.3, -0.25) is 14.9 Å². The Bertz CT molecular complexity index is 1290. The minimum absolute atomic E-state index is 0.118. The highest BCUT2D eigenvalue weighted by Gasteiger charge is 2.24. The lowest BCUT2D eigenvalue weighted by molar-refractivity contribution is -0.386. The molecule has 0 bridgehead atoms. The highest BCUT2D eigenvalue weighted by molar-refractivity contribution is 5.90. The number of phenolic OH excluding ortho intramolecular Hbond substituents is 1. The number of carbonyl (C=O) groups is 2. The van der Waals surface area contributed by atoms with Gasteiger partial charge in [0.15, 0.2) is 5.75 Å². The number of rotatable bonds is 10. The lowest BCUT2D eigenvalue weighted by atomic mass is 10.0. The summed E-state index contributed by atoms with van der Waals surface area (Å²) in [5.74, 6) is -1.25. The fourth-order valence-corrected chi connectivity index (χ4v) is 3.39. The van der Waals surface area contributed by atoms with Crippen molar-refractivity contribution >= 4 is 34.8 Å². The number of benzene rings is 2. The lowest BCUT2D eigenvalue weighted by Crippen LogP contribution is -2.47. The Morgan fingerprint density at radius 2 is 2.03 bits per heavy atom. The van der Waals surface area contributed by atoms with Gasteiger partial charge in [-0.2, -0.15) is 5.10 Å². The van der Waals surface area contributed by atoms with Gasteiger partial charge >= 0.3 is 11.8 Å². The first-order valence-electron chi connectivity index (χ1n) is 11.1. The van der Waals surface area contributed by atoms with E-state index in [1.54, 1.807) is 6.20 Å². The molecule has 2 aromatic carbocycles. The van der Waals surface area contributed by atoms with Gasteiger partial charge in [-0.1, -0.05) is 32.0 Å². The number of fused-ring (bicyclic) bond motifs is 1. The third-order valence-corrected chi connectivity index (χ3v) is 5.14. The van der Waals surface area contributed by atoms with Crippen molar-refractivity contribution in [1.82, 2.24) is 15.7 Å². The molecule has 1 aromatic heterocycles. The summed E-state index contributed by atoms with van der Waals surface area (Å²) >= 11 is 0. The zero-order valence-electron chi connectivity index (χ0n) is 20.0. The fourth-order valence-electron chi connectivity index (χ4n) is 3.39. The van der Waals surface area contributed by atoms with E-state index in [1.165, 1.54) is 13.2 Å². The number of nitrogens with zero attached hydrogens (tertiary/aromatic N) is 2. The van der Waals surface area contributed by atoms with Crippen LogP contribution in [0.25, 0.3) is 10.9 Å². The Morgan fingerprint density at radius 1 is 1.28 bits per heavy atom. The van der Waals surface area contributed by atoms with Crippen LogP contribution in [0.1, 0.15) is 25.0 Å². The predicted molar refractivity (Wildman–Crippen MR) is 132 cm³/mol. The first-order valence-corrected chi connectivity index (χ1v) is 11.1. The van der Waals surface area contributed by atoms with Crippen molar-refractivity contribution in [3.63, 3.8) is 0 Å². The van der Waals surface area contributed by atoms with Gasteiger partial charge in [-0.25, -0.2) is 10.2 Å². The van der Waals surface area contributed by atoms with Crippen LogP contribution in [0.2, 0.25) is 0 Å². The molecule has 3 rings (SSSR count). The predicted octanol–water partition coefficient (Wildman–Crippen LogP) is 3.23. The zero-order chi connectivity index (χ0) is 26.2. The molecule has 3 aromatic rings. The second kappa shape index (κ2) is 11.7. The Balaban J connectivity index is 1.78. The van der Waals surface area contributed by atoms with E-state index in [9.17, 15) is 24.8 Å². The summed E-state index contributed by atoms with van der Waals surface area (Å²) in [7, 11) is 1.25. The quantitative estimate of drug-likeness (QED) is 0.189. The van der Waals surface area contributed by atoms with Crippen LogP contribution in [0, 0.1) is 16.0 Å². The molecule has 0 aliphatic rings. The molecule has 0 unspecified atom stereocenters. The number of phenols is 1. The van der Waals surface area contributed by atoms with Gasteiger partial charge in [0.2, 0.25) is 5.75 Å². The molecule has 2 amide bonds. The number of H-pyrrole nitrogens is 1. The highest BCUT2D eigenvalue weighted by Crippen LogP contribution is 2.36. The number of hydrogen-bond donors (Lipinski definition) is 4. The third kappa shape index (κ3) is 6.50. The van der Waals surface area contributed by atoms with Gasteiger partial charge in [0.05, 0.1) is 24.9 Å². The van der Waals surface area contributed by atoms with Gasteiger partial charge in [0, 0.05) is 35.2 Å². The van der Waals surface area contributed by atoms with Gasteiger partial charge < -0.3 is 24.9 Å². The summed E-state index contributed by atoms with van der Waals surface area (Å²) in [5, 5.41) is 28.4. The van der Waals surface area contributed by atoms with Crippen LogP contribution in [-0.4, -0.2) is 53.0 Å². The van der Waals surface area contributed by atoms with Gasteiger partial charge in [-0.05, 0) is 23.6 Å². The molecule has 1 atom stereocenters. The molecule has 36 heavy (non-hydrogen) atoms. The molecule has 4 N–H and O–H groups in total. The van der Waals surface area contributed by atoms with Crippen LogP contribution in [-0.2, 0) is 16.0 Å². The number of para-hydroxylation sites is 1. The van der Waals surface area contributed by atoms with Crippen LogP contribution in [0.15, 0.2) is 47.7 Å². The average Bonchev–Trinajstić information content (AvgIpc) is 3.25. The van der Waals surface area contributed by atoms with Crippen molar-refractivity contribution in [2.24, 2.45) is 11.0 Å². The van der Waals surface area contributed by atoms with Crippen LogP contribution >= 0.6 is 0 Å². The summed E-state index contributed by atoms with van der Waals surface area (Å²) in [5.41, 5.74) is 3.66. The van der Waals surface area contributed by atoms with Crippen molar-refractivity contribution in [2.75, 3.05) is 13.7 Å². The van der Waals surface area contributed by atoms with Crippen molar-refractivity contribution in [3.8, 4) is 11.5 Å². The highest BCUT2D eigenvalue weighted by atomic mass is 16.6. The molecule has 0 aliphatic heterocycles. The number of nitrogens with one attached hydrogen (secondary N) is 3. The maximum atomic E-state index is 12.9. The molecule has 12 heteroatoms. The van der Waals surface area contributed by atoms with E-state index in [-0.39, 0.29) is 30.3 Å². The van der Waals surface area contributed by atoms with E-state index in [0.717, 1.165) is 28.7 Å². The van der Waals surface area contributed by atoms with E-state index < -0.39 is 34.4 Å². The minimum Gasteiger partial charge on any atom is -0.500 e. The summed E-state index contributed by atoms with van der Waals surface area (Å²) in [6.07, 6.45) is 2.33. The number of aromatic amines is 1. The monoisotopic (exact) mass is 497 g/mol. The topological polar surface area (TPSA) is 168 Å². The Labute approximate surface area is 206 Å². The number of hydrazone groups is 1. The third-order valence-electron chi connectivity index (χ3n) is 5.14. The summed E-state index contributed by atoms with van der Waals surface area (Å²) < 4.78 is 10.1. The number of alkyl carbamates (subject to hydrolysis) is 1. The smallest absolute Gasteiger partial charge is 0.407 e. The van der Waals surface area contributed by atoms with Crippen molar-refractivity contribution in [3.05, 3.63) is 63.8 Å². The molecule has 0 radical (unpaired) electrons. The summed E-state index contributed by atoms with van der Waals surface area (Å²) in [4.78, 5) is 38.8. The molecular weight excluding hydrogens is 470 g/mol. The number of nitro groups is 1. The molecule has 0 fully saturated rings. The fraction of sp³-hybridized carbons (Fsp3) is 0.292. The molecule has 190 valence electrons. The van der Waals surface area contributed by atoms with E-state index in [1.807, 2.05) is 38.1 Å². The first kappa shape index (κ1) is 26.0. The first-order chi connectivity index (χ1) is 17.2. The zero-order valence-corrected chi connectivity index (χ0v) is 20.0. The van der Waals surface area contributed by atoms with Crippen LogP contribution in [0.5, 0.6) is 11.5 Å². The van der Waals surface area contributed by atoms with E-state index in [0.29, 0.717) is 0 Å². The lowest BCUT2D eigenvalue weighted by Gasteiger charge is -2.17. The molecule has 0 aliphatic carbocycles. The molecule has 0 spiro atoms. The normalized spacial score (nSPS) is 12.0. The number of ether oxygens (including phenoxy) is 2. The maximum absolute atomic E-state index is 12.9. The number of amides is 2. The minimum atomic E-state index is -1.02. The molecule has 1 heterocycles. The number of aromatic nitrogens is 1. The maximum Gasteiger partial charge on any atom is 0.407 e. The molecular formula is C24H27N5O7. The van der Waals surface area contributed by atoms with Crippen LogP contribution in [0.3, 0.4) is 0 Å². The van der Waals surface area contributed by atoms with Crippen molar-refractivity contribution in [1.29, 1.82) is 0 Å². The van der Waals surface area contributed by atoms with Crippen LogP contribution in [0.4, 0.5) is 10.5 Å².